The standard InChI is InChI=1S/C11H8ClN5.C5H10O2/c12-9-6-15-10(13)4-7(9)8-5-16-17-3-1-2-14-11(8)17;6-5-2-1-3-7-4-5/h1-6H,(H2,13,15);5-6H,1-4H2. The van der Waals surface area contributed by atoms with Crippen molar-refractivity contribution in [3.8, 4) is 11.1 Å². The van der Waals surface area contributed by atoms with Crippen molar-refractivity contribution in [2.24, 2.45) is 0 Å². The average Bonchev–Trinajstić information content (AvgIpc) is 3.02. The van der Waals surface area contributed by atoms with Gasteiger partial charge in [0.2, 0.25) is 0 Å². The quantitative estimate of drug-likeness (QED) is 0.700. The molecule has 0 bridgehead atoms. The Morgan fingerprint density at radius 2 is 2.17 bits per heavy atom. The van der Waals surface area contributed by atoms with Crippen LogP contribution < -0.4 is 5.73 Å². The van der Waals surface area contributed by atoms with E-state index >= 15 is 0 Å². The van der Waals surface area contributed by atoms with Gasteiger partial charge in [-0.2, -0.15) is 5.10 Å². The Morgan fingerprint density at radius 1 is 1.29 bits per heavy atom. The Labute approximate surface area is 144 Å². The molecule has 0 amide bonds. The molecule has 3 aromatic heterocycles. The minimum atomic E-state index is -0.186. The molecule has 8 heteroatoms. The molecule has 3 aromatic rings. The van der Waals surface area contributed by atoms with Gasteiger partial charge in [-0.1, -0.05) is 11.6 Å². The maximum Gasteiger partial charge on any atom is 0.162 e. The van der Waals surface area contributed by atoms with E-state index in [1.54, 1.807) is 23.0 Å². The maximum atomic E-state index is 8.78. The number of anilines is 1. The van der Waals surface area contributed by atoms with Crippen LogP contribution in [0, 0.1) is 0 Å². The van der Waals surface area contributed by atoms with E-state index in [1.165, 1.54) is 6.20 Å². The molecule has 4 heterocycles. The monoisotopic (exact) mass is 347 g/mol. The molecular formula is C16H18ClN5O2. The molecule has 1 fully saturated rings. The van der Waals surface area contributed by atoms with E-state index in [0.29, 0.717) is 17.4 Å². The Bertz CT molecular complexity index is 817. The van der Waals surface area contributed by atoms with Crippen molar-refractivity contribution < 1.29 is 9.84 Å². The molecule has 1 aliphatic rings. The van der Waals surface area contributed by atoms with E-state index in [4.69, 9.17) is 27.2 Å². The van der Waals surface area contributed by atoms with Crippen LogP contribution >= 0.6 is 11.6 Å². The molecule has 126 valence electrons. The van der Waals surface area contributed by atoms with Crippen LogP contribution in [0.4, 0.5) is 5.82 Å². The predicted octanol–water partition coefficient (Wildman–Crippen LogP) is 2.18. The molecule has 24 heavy (non-hydrogen) atoms. The Kier molecular flexibility index (Phi) is 5.24. The molecule has 1 unspecified atom stereocenters. The van der Waals surface area contributed by atoms with Gasteiger partial charge >= 0.3 is 0 Å². The van der Waals surface area contributed by atoms with Gasteiger partial charge in [0.1, 0.15) is 5.82 Å². The maximum absolute atomic E-state index is 8.78. The first-order chi connectivity index (χ1) is 11.6. The molecule has 1 saturated heterocycles. The summed E-state index contributed by atoms with van der Waals surface area (Å²) in [5.74, 6) is 0.416. The zero-order valence-corrected chi connectivity index (χ0v) is 13.7. The average molecular weight is 348 g/mol. The fourth-order valence-corrected chi connectivity index (χ4v) is 2.61. The van der Waals surface area contributed by atoms with Crippen molar-refractivity contribution in [3.63, 3.8) is 0 Å². The SMILES string of the molecule is Nc1cc(-c2cnn3cccnc23)c(Cl)cn1.OC1CCCOC1. The molecule has 0 spiro atoms. The van der Waals surface area contributed by atoms with Gasteiger partial charge in [0.05, 0.1) is 23.9 Å². The van der Waals surface area contributed by atoms with Crippen LogP contribution in [-0.2, 0) is 4.74 Å². The van der Waals surface area contributed by atoms with E-state index in [0.717, 1.165) is 36.2 Å². The first-order valence-corrected chi connectivity index (χ1v) is 7.98. The number of pyridine rings is 1. The number of nitrogens with two attached hydrogens (primary N) is 1. The first-order valence-electron chi connectivity index (χ1n) is 7.60. The van der Waals surface area contributed by atoms with Crippen molar-refractivity contribution >= 4 is 23.1 Å². The van der Waals surface area contributed by atoms with E-state index in [1.807, 2.05) is 12.3 Å². The van der Waals surface area contributed by atoms with Crippen LogP contribution in [0.5, 0.6) is 0 Å². The van der Waals surface area contributed by atoms with Crippen LogP contribution in [0.2, 0.25) is 5.02 Å². The molecule has 1 atom stereocenters. The number of hydrogen-bond donors (Lipinski definition) is 2. The third-order valence-electron chi connectivity index (χ3n) is 3.58. The molecule has 0 aliphatic carbocycles. The predicted molar refractivity (Wildman–Crippen MR) is 91.7 cm³/mol. The van der Waals surface area contributed by atoms with Crippen LogP contribution in [0.3, 0.4) is 0 Å². The highest BCUT2D eigenvalue weighted by atomic mass is 35.5. The van der Waals surface area contributed by atoms with Gasteiger partial charge in [0, 0.05) is 36.3 Å². The fourth-order valence-electron chi connectivity index (χ4n) is 2.40. The van der Waals surface area contributed by atoms with Gasteiger partial charge in [-0.05, 0) is 25.0 Å². The number of halogens is 1. The lowest BCUT2D eigenvalue weighted by atomic mass is 10.1. The van der Waals surface area contributed by atoms with Gasteiger partial charge in [-0.3, -0.25) is 0 Å². The number of rotatable bonds is 1. The summed E-state index contributed by atoms with van der Waals surface area (Å²) in [4.78, 5) is 8.20. The van der Waals surface area contributed by atoms with Crippen LogP contribution in [-0.4, -0.2) is 44.0 Å². The van der Waals surface area contributed by atoms with Crippen molar-refractivity contribution in [3.05, 3.63) is 41.9 Å². The normalized spacial score (nSPS) is 17.3. The van der Waals surface area contributed by atoms with Gasteiger partial charge in [0.25, 0.3) is 0 Å². The third-order valence-corrected chi connectivity index (χ3v) is 3.88. The van der Waals surface area contributed by atoms with Crippen molar-refractivity contribution in [2.75, 3.05) is 18.9 Å². The summed E-state index contributed by atoms with van der Waals surface area (Å²) in [6.07, 6.45) is 8.51. The minimum Gasteiger partial charge on any atom is -0.391 e. The van der Waals surface area contributed by atoms with Crippen LogP contribution in [0.15, 0.2) is 36.9 Å². The number of ether oxygens (including phenoxy) is 1. The highest BCUT2D eigenvalue weighted by Gasteiger charge is 2.11. The summed E-state index contributed by atoms with van der Waals surface area (Å²) in [7, 11) is 0. The lowest BCUT2D eigenvalue weighted by Crippen LogP contribution is -2.21. The largest absolute Gasteiger partial charge is 0.391 e. The Balaban J connectivity index is 0.000000203. The lowest BCUT2D eigenvalue weighted by molar-refractivity contribution is -0.00535. The second-order valence-electron chi connectivity index (χ2n) is 5.41. The number of fused-ring (bicyclic) bond motifs is 1. The zero-order chi connectivity index (χ0) is 16.9. The molecular weight excluding hydrogens is 330 g/mol. The highest BCUT2D eigenvalue weighted by molar-refractivity contribution is 6.33. The number of hydrogen-bond acceptors (Lipinski definition) is 6. The molecule has 4 rings (SSSR count). The van der Waals surface area contributed by atoms with Gasteiger partial charge in [-0.25, -0.2) is 14.5 Å². The molecule has 1 aliphatic heterocycles. The number of aromatic nitrogens is 4. The lowest BCUT2D eigenvalue weighted by Gasteiger charge is -2.15. The second-order valence-corrected chi connectivity index (χ2v) is 5.81. The van der Waals surface area contributed by atoms with E-state index in [9.17, 15) is 0 Å². The summed E-state index contributed by atoms with van der Waals surface area (Å²) in [6.45, 7) is 1.37. The van der Waals surface area contributed by atoms with Crippen LogP contribution in [0.25, 0.3) is 16.8 Å². The number of aliphatic hydroxyl groups is 1. The summed E-state index contributed by atoms with van der Waals surface area (Å²) in [5.41, 5.74) is 8.02. The molecule has 3 N–H and O–H groups in total. The van der Waals surface area contributed by atoms with E-state index in [-0.39, 0.29) is 6.10 Å². The van der Waals surface area contributed by atoms with Gasteiger partial charge in [0.15, 0.2) is 5.65 Å². The molecule has 0 radical (unpaired) electrons. The van der Waals surface area contributed by atoms with Gasteiger partial charge < -0.3 is 15.6 Å². The molecule has 0 aromatic carbocycles. The van der Waals surface area contributed by atoms with E-state index in [2.05, 4.69) is 15.1 Å². The summed E-state index contributed by atoms with van der Waals surface area (Å²) in [6, 6.07) is 3.53. The second kappa shape index (κ2) is 7.57. The zero-order valence-electron chi connectivity index (χ0n) is 13.0. The topological polar surface area (TPSA) is 98.6 Å². The van der Waals surface area contributed by atoms with Crippen LogP contribution in [0.1, 0.15) is 12.8 Å². The summed E-state index contributed by atoms with van der Waals surface area (Å²) < 4.78 is 6.61. The first kappa shape index (κ1) is 16.6. The van der Waals surface area contributed by atoms with Gasteiger partial charge in [-0.15, -0.1) is 0 Å². The fraction of sp³-hybridized carbons (Fsp3) is 0.312. The van der Waals surface area contributed by atoms with E-state index < -0.39 is 0 Å². The third kappa shape index (κ3) is 3.81. The highest BCUT2D eigenvalue weighted by Crippen LogP contribution is 2.30. The number of nitrogen functional groups attached to an aromatic ring is 1. The Morgan fingerprint density at radius 3 is 2.88 bits per heavy atom. The summed E-state index contributed by atoms with van der Waals surface area (Å²) in [5, 5.41) is 13.5. The van der Waals surface area contributed by atoms with Crippen molar-refractivity contribution in [2.45, 2.75) is 18.9 Å². The summed E-state index contributed by atoms with van der Waals surface area (Å²) >= 11 is 6.11. The molecule has 0 saturated carbocycles. The number of aliphatic hydroxyl groups excluding tert-OH is 1. The smallest absolute Gasteiger partial charge is 0.162 e. The molecule has 7 nitrogen and oxygen atoms in total. The van der Waals surface area contributed by atoms with Crippen molar-refractivity contribution in [1.82, 2.24) is 19.6 Å². The minimum absolute atomic E-state index is 0.186. The number of nitrogens with zero attached hydrogens (tertiary/aromatic N) is 4. The van der Waals surface area contributed by atoms with Crippen molar-refractivity contribution in [1.29, 1.82) is 0 Å². The Hall–Kier alpha value is -2.22.